The second-order valence-corrected chi connectivity index (χ2v) is 10.0. The molecule has 2 heterocycles. The quantitative estimate of drug-likeness (QED) is 0.233. The molecule has 3 N–H and O–H groups in total. The summed E-state index contributed by atoms with van der Waals surface area (Å²) < 4.78 is 1.95. The highest BCUT2D eigenvalue weighted by Crippen LogP contribution is 2.28. The van der Waals surface area contributed by atoms with Gasteiger partial charge in [0.05, 0.1) is 0 Å². The van der Waals surface area contributed by atoms with Crippen LogP contribution in [0, 0.1) is 5.92 Å². The first-order chi connectivity index (χ1) is 18.7. The molecule has 1 amide bonds. The lowest BCUT2D eigenvalue weighted by molar-refractivity contribution is -0.122. The van der Waals surface area contributed by atoms with E-state index in [4.69, 9.17) is 9.97 Å². The van der Waals surface area contributed by atoms with E-state index in [2.05, 4.69) is 28.1 Å². The molecule has 4 aromatic rings. The van der Waals surface area contributed by atoms with Crippen molar-refractivity contribution in [1.29, 1.82) is 0 Å². The van der Waals surface area contributed by atoms with Crippen LogP contribution in [-0.4, -0.2) is 26.5 Å². The van der Waals surface area contributed by atoms with E-state index in [1.807, 2.05) is 83.7 Å². The van der Waals surface area contributed by atoms with E-state index >= 15 is 0 Å². The molecule has 2 aromatic carbocycles. The normalized spacial score (nSPS) is 14.5. The lowest BCUT2D eigenvalue weighted by Gasteiger charge is -2.27. The number of nitrogens with zero attached hydrogens (tertiary/aromatic N) is 3. The SMILES string of the molecule is O=C(NCc1ccccc1)C(CC1CCCCC1)Nc1cc(-n2cccc2)nc(NCc2ccccc2)n1. The molecule has 196 valence electrons. The van der Waals surface area contributed by atoms with E-state index in [1.165, 1.54) is 32.1 Å². The van der Waals surface area contributed by atoms with Crippen LogP contribution in [0.25, 0.3) is 5.82 Å². The third-order valence-corrected chi connectivity index (χ3v) is 7.12. The van der Waals surface area contributed by atoms with Crippen molar-refractivity contribution in [3.8, 4) is 5.82 Å². The lowest BCUT2D eigenvalue weighted by atomic mass is 9.84. The van der Waals surface area contributed by atoms with E-state index in [9.17, 15) is 4.79 Å². The van der Waals surface area contributed by atoms with Crippen molar-refractivity contribution in [2.45, 2.75) is 57.7 Å². The van der Waals surface area contributed by atoms with Gasteiger partial charge in [0.1, 0.15) is 17.7 Å². The number of anilines is 2. The van der Waals surface area contributed by atoms with Crippen LogP contribution in [0.2, 0.25) is 0 Å². The van der Waals surface area contributed by atoms with Crippen molar-refractivity contribution in [2.24, 2.45) is 5.92 Å². The molecule has 5 rings (SSSR count). The lowest BCUT2D eigenvalue weighted by Crippen LogP contribution is -2.41. The molecular formula is C31H36N6O. The Labute approximate surface area is 224 Å². The zero-order chi connectivity index (χ0) is 26.0. The Morgan fingerprint density at radius 1 is 0.842 bits per heavy atom. The summed E-state index contributed by atoms with van der Waals surface area (Å²) in [5.41, 5.74) is 2.23. The number of carbonyl (C=O) groups is 1. The van der Waals surface area contributed by atoms with Crippen molar-refractivity contribution in [1.82, 2.24) is 19.9 Å². The third-order valence-electron chi connectivity index (χ3n) is 7.12. The first kappa shape index (κ1) is 25.5. The molecule has 2 aromatic heterocycles. The summed E-state index contributed by atoms with van der Waals surface area (Å²) in [5.74, 6) is 2.42. The number of nitrogens with one attached hydrogen (secondary N) is 3. The maximum atomic E-state index is 13.5. The fourth-order valence-electron chi connectivity index (χ4n) is 5.06. The van der Waals surface area contributed by atoms with Crippen LogP contribution in [0.3, 0.4) is 0 Å². The monoisotopic (exact) mass is 508 g/mol. The first-order valence-electron chi connectivity index (χ1n) is 13.6. The van der Waals surface area contributed by atoms with Crippen molar-refractivity contribution in [3.05, 3.63) is 102 Å². The third kappa shape index (κ3) is 7.22. The molecule has 1 unspecified atom stereocenters. The molecule has 1 saturated carbocycles. The highest BCUT2D eigenvalue weighted by Gasteiger charge is 2.25. The van der Waals surface area contributed by atoms with Crippen LogP contribution in [-0.2, 0) is 17.9 Å². The average molecular weight is 509 g/mol. The molecule has 38 heavy (non-hydrogen) atoms. The molecule has 0 bridgehead atoms. The molecule has 0 aliphatic heterocycles. The Morgan fingerprint density at radius 3 is 2.18 bits per heavy atom. The predicted molar refractivity (Wildman–Crippen MR) is 152 cm³/mol. The molecule has 0 radical (unpaired) electrons. The second kappa shape index (κ2) is 12.9. The fourth-order valence-corrected chi connectivity index (χ4v) is 5.06. The van der Waals surface area contributed by atoms with Gasteiger partial charge in [-0.1, -0.05) is 92.8 Å². The number of aromatic nitrogens is 3. The zero-order valence-electron chi connectivity index (χ0n) is 21.7. The molecule has 0 spiro atoms. The van der Waals surface area contributed by atoms with Gasteiger partial charge in [-0.15, -0.1) is 0 Å². The fraction of sp³-hybridized carbons (Fsp3) is 0.323. The van der Waals surface area contributed by atoms with Gasteiger partial charge in [0.25, 0.3) is 0 Å². The van der Waals surface area contributed by atoms with Crippen molar-refractivity contribution in [2.75, 3.05) is 10.6 Å². The topological polar surface area (TPSA) is 83.9 Å². The number of rotatable bonds is 11. The average Bonchev–Trinajstić information content (AvgIpc) is 3.52. The Balaban J connectivity index is 1.36. The van der Waals surface area contributed by atoms with Gasteiger partial charge >= 0.3 is 0 Å². The summed E-state index contributed by atoms with van der Waals surface area (Å²) in [7, 11) is 0. The molecule has 7 nitrogen and oxygen atoms in total. The van der Waals surface area contributed by atoms with Gasteiger partial charge in [0.15, 0.2) is 0 Å². The number of hydrogen-bond acceptors (Lipinski definition) is 5. The molecule has 1 aliphatic carbocycles. The van der Waals surface area contributed by atoms with Crippen LogP contribution in [0.1, 0.15) is 49.7 Å². The van der Waals surface area contributed by atoms with Gasteiger partial charge in [0.2, 0.25) is 11.9 Å². The summed E-state index contributed by atoms with van der Waals surface area (Å²) in [6.45, 7) is 1.11. The molecule has 1 fully saturated rings. The Hall–Kier alpha value is -4.13. The van der Waals surface area contributed by atoms with Gasteiger partial charge in [-0.05, 0) is 35.6 Å². The van der Waals surface area contributed by atoms with Gasteiger partial charge in [-0.2, -0.15) is 9.97 Å². The highest BCUT2D eigenvalue weighted by atomic mass is 16.2. The summed E-state index contributed by atoms with van der Waals surface area (Å²) in [5, 5.41) is 9.99. The number of carbonyl (C=O) groups excluding carboxylic acids is 1. The number of amides is 1. The highest BCUT2D eigenvalue weighted by molar-refractivity contribution is 5.84. The van der Waals surface area contributed by atoms with E-state index in [0.717, 1.165) is 23.4 Å². The minimum Gasteiger partial charge on any atom is -0.358 e. The van der Waals surface area contributed by atoms with E-state index in [0.29, 0.717) is 30.8 Å². The minimum absolute atomic E-state index is 0.000604. The second-order valence-electron chi connectivity index (χ2n) is 10.0. The Bertz CT molecular complexity index is 1270. The van der Waals surface area contributed by atoms with Crippen molar-refractivity contribution < 1.29 is 4.79 Å². The summed E-state index contributed by atoms with van der Waals surface area (Å²) in [4.78, 5) is 23.0. The number of benzene rings is 2. The Kier molecular flexibility index (Phi) is 8.66. The van der Waals surface area contributed by atoms with Crippen LogP contribution in [0.4, 0.5) is 11.8 Å². The van der Waals surface area contributed by atoms with Gasteiger partial charge in [-0.25, -0.2) is 0 Å². The van der Waals surface area contributed by atoms with Crippen LogP contribution in [0.15, 0.2) is 91.3 Å². The van der Waals surface area contributed by atoms with Gasteiger partial charge < -0.3 is 20.5 Å². The summed E-state index contributed by atoms with van der Waals surface area (Å²) in [6.07, 6.45) is 10.8. The van der Waals surface area contributed by atoms with Crippen LogP contribution < -0.4 is 16.0 Å². The smallest absolute Gasteiger partial charge is 0.242 e. The van der Waals surface area contributed by atoms with Crippen molar-refractivity contribution >= 4 is 17.7 Å². The standard InChI is InChI=1S/C31H36N6O/c38-30(32-22-25-14-6-2-7-15-25)27(20-24-12-4-1-5-13-24)34-28-21-29(37-18-10-11-19-37)36-31(35-28)33-23-26-16-8-3-9-17-26/h2-3,6-11,14-19,21,24,27H,1,4-5,12-13,20,22-23H2,(H,32,38)(H2,33,34,35,36). The number of hydrogen-bond donors (Lipinski definition) is 3. The summed E-state index contributed by atoms with van der Waals surface area (Å²) >= 11 is 0. The molecular weight excluding hydrogens is 472 g/mol. The molecule has 0 saturated heterocycles. The molecule has 7 heteroatoms. The van der Waals surface area contributed by atoms with Gasteiger partial charge in [0, 0.05) is 31.5 Å². The van der Waals surface area contributed by atoms with Crippen LogP contribution >= 0.6 is 0 Å². The Morgan fingerprint density at radius 2 is 1.50 bits per heavy atom. The van der Waals surface area contributed by atoms with Gasteiger partial charge in [-0.3, -0.25) is 4.79 Å². The summed E-state index contributed by atoms with van der Waals surface area (Å²) in [6, 6.07) is 25.7. The predicted octanol–water partition coefficient (Wildman–Crippen LogP) is 5.95. The van der Waals surface area contributed by atoms with E-state index < -0.39 is 0 Å². The first-order valence-corrected chi connectivity index (χ1v) is 13.6. The maximum Gasteiger partial charge on any atom is 0.242 e. The minimum atomic E-state index is -0.379. The van der Waals surface area contributed by atoms with Crippen LogP contribution in [0.5, 0.6) is 0 Å². The molecule has 1 aliphatic rings. The van der Waals surface area contributed by atoms with Crippen molar-refractivity contribution in [3.63, 3.8) is 0 Å². The van der Waals surface area contributed by atoms with E-state index in [-0.39, 0.29) is 11.9 Å². The van der Waals surface area contributed by atoms with E-state index in [1.54, 1.807) is 0 Å². The largest absolute Gasteiger partial charge is 0.358 e. The maximum absolute atomic E-state index is 13.5. The zero-order valence-corrected chi connectivity index (χ0v) is 21.7. The molecule has 1 atom stereocenters.